The van der Waals surface area contributed by atoms with Gasteiger partial charge in [0.05, 0.1) is 29.9 Å². The summed E-state index contributed by atoms with van der Waals surface area (Å²) in [5.74, 6) is 1.16. The van der Waals surface area contributed by atoms with Gasteiger partial charge in [0.2, 0.25) is 5.91 Å². The zero-order valence-corrected chi connectivity index (χ0v) is 32.1. The number of nitrogens with zero attached hydrogens (tertiary/aromatic N) is 5. The van der Waals surface area contributed by atoms with E-state index in [1.807, 2.05) is 84.9 Å². The fourth-order valence-corrected chi connectivity index (χ4v) is 9.13. The number of aromatic hydroxyl groups is 1. The van der Waals surface area contributed by atoms with Crippen molar-refractivity contribution in [3.8, 4) is 17.6 Å². The van der Waals surface area contributed by atoms with Crippen molar-refractivity contribution in [2.75, 3.05) is 25.2 Å². The summed E-state index contributed by atoms with van der Waals surface area (Å²) >= 11 is 0. The Labute approximate surface area is 343 Å². The molecular weight excluding hydrogens is 767 g/mol. The van der Waals surface area contributed by atoms with Gasteiger partial charge in [-0.25, -0.2) is 14.4 Å². The van der Waals surface area contributed by atoms with Crippen molar-refractivity contribution in [2.24, 2.45) is 5.92 Å². The molecule has 4 heterocycles. The van der Waals surface area contributed by atoms with Gasteiger partial charge in [-0.1, -0.05) is 102 Å². The van der Waals surface area contributed by atoms with Crippen LogP contribution in [0.2, 0.25) is 0 Å². The van der Waals surface area contributed by atoms with Gasteiger partial charge in [0, 0.05) is 12.7 Å². The molecule has 6 aromatic rings. The molecule has 6 atom stereocenters. The lowest BCUT2D eigenvalue weighted by atomic mass is 9.65. The number of aromatic nitrogens is 3. The number of ether oxygens (including phenoxy) is 3. The molecule has 3 aliphatic heterocycles. The average Bonchev–Trinajstić information content (AvgIpc) is 3.90. The third-order valence-electron chi connectivity index (χ3n) is 11.5. The number of anilines is 1. The fraction of sp³-hybridized carbons (Fsp3) is 0.217. The maximum Gasteiger partial charge on any atom is 0.421 e. The normalized spacial score (nSPS) is 23.1. The topological polar surface area (TPSA) is 174 Å². The highest BCUT2D eigenvalue weighted by molar-refractivity contribution is 6.23. The van der Waals surface area contributed by atoms with Crippen LogP contribution in [-0.2, 0) is 40.6 Å². The minimum atomic E-state index is -2.17. The van der Waals surface area contributed by atoms with Crippen LogP contribution in [0.1, 0.15) is 46.0 Å². The van der Waals surface area contributed by atoms with Crippen LogP contribution in [0, 0.1) is 17.8 Å². The molecule has 2 fully saturated rings. The van der Waals surface area contributed by atoms with E-state index in [-0.39, 0.29) is 36.8 Å². The van der Waals surface area contributed by atoms with E-state index in [0.717, 1.165) is 10.4 Å². The molecule has 2 amide bonds. The van der Waals surface area contributed by atoms with Crippen molar-refractivity contribution < 1.29 is 43.6 Å². The molecule has 1 spiro atoms. The van der Waals surface area contributed by atoms with Crippen molar-refractivity contribution >= 4 is 40.7 Å². The Bertz CT molecular complexity index is 2700. The minimum absolute atomic E-state index is 0.0383. The number of carboxylic acid groups (broad SMARTS) is 1. The number of carboxylic acids is 1. The molecule has 14 heteroatoms. The Morgan fingerprint density at radius 2 is 1.53 bits per heavy atom. The first-order chi connectivity index (χ1) is 29.2. The lowest BCUT2D eigenvalue weighted by molar-refractivity contribution is -0.179. The van der Waals surface area contributed by atoms with Crippen LogP contribution >= 0.6 is 0 Å². The summed E-state index contributed by atoms with van der Waals surface area (Å²) in [6.07, 6.45) is -1.99. The number of esters is 1. The molecule has 3 aliphatic rings. The number of fused-ring (bicyclic) bond motifs is 4. The van der Waals surface area contributed by atoms with Crippen molar-refractivity contribution in [3.05, 3.63) is 155 Å². The highest BCUT2D eigenvalue weighted by Gasteiger charge is 2.76. The van der Waals surface area contributed by atoms with Gasteiger partial charge in [-0.05, 0) is 64.7 Å². The second kappa shape index (κ2) is 15.4. The number of methoxy groups -OCH3 is 1. The van der Waals surface area contributed by atoms with Gasteiger partial charge < -0.3 is 24.4 Å². The Kier molecular flexibility index (Phi) is 9.83. The van der Waals surface area contributed by atoms with E-state index in [0.29, 0.717) is 27.8 Å². The highest BCUT2D eigenvalue weighted by atomic mass is 16.6. The molecule has 0 radical (unpaired) electrons. The number of amides is 2. The van der Waals surface area contributed by atoms with Crippen molar-refractivity contribution in [1.29, 1.82) is 0 Å². The van der Waals surface area contributed by atoms with Crippen LogP contribution in [0.4, 0.5) is 10.5 Å². The van der Waals surface area contributed by atoms with E-state index in [4.69, 9.17) is 14.2 Å². The Morgan fingerprint density at radius 3 is 2.25 bits per heavy atom. The zero-order valence-electron chi connectivity index (χ0n) is 32.1. The van der Waals surface area contributed by atoms with Crippen molar-refractivity contribution in [1.82, 2.24) is 19.9 Å². The number of carbonyl (C=O) groups excluding carboxylic acids is 3. The monoisotopic (exact) mass is 803 g/mol. The summed E-state index contributed by atoms with van der Waals surface area (Å²) in [5, 5.41) is 30.4. The molecule has 5 aromatic carbocycles. The molecule has 2 N–H and O–H groups in total. The number of imide groups is 1. The summed E-state index contributed by atoms with van der Waals surface area (Å²) in [6, 6.07) is 33.1. The van der Waals surface area contributed by atoms with E-state index in [2.05, 4.69) is 22.2 Å². The summed E-state index contributed by atoms with van der Waals surface area (Å²) in [4.78, 5) is 61.2. The number of hydrogen-bond donors (Lipinski definition) is 2. The zero-order chi connectivity index (χ0) is 41.5. The third kappa shape index (κ3) is 6.14. The first-order valence-electron chi connectivity index (χ1n) is 19.3. The van der Waals surface area contributed by atoms with Gasteiger partial charge >= 0.3 is 18.0 Å². The summed E-state index contributed by atoms with van der Waals surface area (Å²) < 4.78 is 18.6. The van der Waals surface area contributed by atoms with E-state index in [9.17, 15) is 24.6 Å². The van der Waals surface area contributed by atoms with Crippen molar-refractivity contribution in [3.63, 3.8) is 0 Å². The third-order valence-corrected chi connectivity index (χ3v) is 11.5. The maximum absolute atomic E-state index is 15.7. The second-order valence-corrected chi connectivity index (χ2v) is 14.7. The predicted octanol–water partition coefficient (Wildman–Crippen LogP) is 5.72. The molecule has 0 unspecified atom stereocenters. The van der Waals surface area contributed by atoms with Crippen molar-refractivity contribution in [2.45, 2.75) is 36.2 Å². The standard InChI is InChI=1S/C46H37N5O9/c1-58-25-26-59-45(57)50-35-23-18-28(11-10-24-49-36-17-9-8-16-34(36)47-48-49)27-33(35)46(44(50)56)37(42(53)54)39-43(55)60-40(30-14-6-3-7-15-30)38(29-12-4-2-5-13-29)51(39)41(46)31-19-21-32(52)22-20-31/h2-9,12-23,27,37-41,52H,24-26H2,1H3,(H,53,54)/t37-,38-,39-,40+,41+,46-/m1/s1. The number of carbonyl (C=O) groups is 4. The first-order valence-corrected chi connectivity index (χ1v) is 19.3. The van der Waals surface area contributed by atoms with Gasteiger partial charge in [0.1, 0.15) is 47.9 Å². The summed E-state index contributed by atoms with van der Waals surface area (Å²) in [5.41, 5.74) is 1.71. The van der Waals surface area contributed by atoms with Gasteiger partial charge in [-0.3, -0.25) is 19.3 Å². The van der Waals surface area contributed by atoms with Crippen LogP contribution < -0.4 is 4.90 Å². The van der Waals surface area contributed by atoms with Crippen LogP contribution in [0.15, 0.2) is 127 Å². The molecule has 60 heavy (non-hydrogen) atoms. The average molecular weight is 804 g/mol. The Balaban J connectivity index is 1.29. The number of benzene rings is 5. The number of morpholine rings is 1. The molecule has 0 saturated carbocycles. The van der Waals surface area contributed by atoms with Gasteiger partial charge in [0.25, 0.3) is 0 Å². The molecule has 9 rings (SSSR count). The van der Waals surface area contributed by atoms with E-state index in [1.54, 1.807) is 33.8 Å². The molecule has 0 aliphatic carbocycles. The Hall–Kier alpha value is -7.34. The SMILES string of the molecule is COCCOC(=O)N1C(=O)[C@@]2(c3cc(C#CCn4nnc5ccccc54)ccc31)[C@H](c1ccc(O)cc1)N1[C@H](c3ccccc3)[C@H](c3ccccc3)OC(=O)[C@H]1[C@@H]2C(=O)O. The number of cyclic esters (lactones) is 1. The second-order valence-electron chi connectivity index (χ2n) is 14.7. The number of para-hydroxylation sites is 1. The predicted molar refractivity (Wildman–Crippen MR) is 215 cm³/mol. The lowest BCUT2D eigenvalue weighted by Gasteiger charge is -2.46. The van der Waals surface area contributed by atoms with Crippen LogP contribution in [0.3, 0.4) is 0 Å². The van der Waals surface area contributed by atoms with E-state index < -0.39 is 59.5 Å². The molecule has 1 aromatic heterocycles. The van der Waals surface area contributed by atoms with Gasteiger partial charge in [-0.15, -0.1) is 5.10 Å². The minimum Gasteiger partial charge on any atom is -0.508 e. The largest absolute Gasteiger partial charge is 0.508 e. The number of phenolic OH excluding ortho intramolecular Hbond substituents is 1. The number of hydrogen-bond acceptors (Lipinski definition) is 11. The number of phenols is 1. The summed E-state index contributed by atoms with van der Waals surface area (Å²) in [7, 11) is 1.44. The van der Waals surface area contributed by atoms with E-state index in [1.165, 1.54) is 25.3 Å². The van der Waals surface area contributed by atoms with Gasteiger partial charge in [-0.2, -0.15) is 0 Å². The quantitative estimate of drug-likeness (QED) is 0.109. The van der Waals surface area contributed by atoms with Crippen LogP contribution in [0.25, 0.3) is 11.0 Å². The molecule has 14 nitrogen and oxygen atoms in total. The molecule has 300 valence electrons. The van der Waals surface area contributed by atoms with Crippen LogP contribution in [-0.4, -0.2) is 80.4 Å². The number of aliphatic carboxylic acids is 1. The van der Waals surface area contributed by atoms with Gasteiger partial charge in [0.15, 0.2) is 0 Å². The highest BCUT2D eigenvalue weighted by Crippen LogP contribution is 2.66. The molecular formula is C46H37N5O9. The smallest absolute Gasteiger partial charge is 0.421 e. The number of rotatable bonds is 8. The molecule has 2 saturated heterocycles. The van der Waals surface area contributed by atoms with Crippen LogP contribution in [0.5, 0.6) is 5.75 Å². The lowest BCUT2D eigenvalue weighted by Crippen LogP contribution is -2.53. The maximum atomic E-state index is 15.7. The molecule has 0 bridgehead atoms. The van der Waals surface area contributed by atoms with E-state index >= 15 is 4.79 Å². The summed E-state index contributed by atoms with van der Waals surface area (Å²) in [6.45, 7) is 0.00697. The fourth-order valence-electron chi connectivity index (χ4n) is 9.13. The Morgan fingerprint density at radius 1 is 0.833 bits per heavy atom. The first kappa shape index (κ1) is 38.2.